The van der Waals surface area contributed by atoms with Crippen molar-refractivity contribution in [1.29, 1.82) is 0 Å². The molecule has 2 saturated carbocycles. The minimum absolute atomic E-state index is 0.164. The van der Waals surface area contributed by atoms with Crippen molar-refractivity contribution in [3.05, 3.63) is 16.1 Å². The first-order valence-corrected chi connectivity index (χ1v) is 8.35. The number of hydrogen-bond acceptors (Lipinski definition) is 3. The summed E-state index contributed by atoms with van der Waals surface area (Å²) in [6.07, 6.45) is 9.02. The van der Waals surface area contributed by atoms with Crippen LogP contribution in [0.5, 0.6) is 0 Å². The predicted molar refractivity (Wildman–Crippen MR) is 77.5 cm³/mol. The first kappa shape index (κ1) is 13.1. The number of thiazole rings is 1. The summed E-state index contributed by atoms with van der Waals surface area (Å²) >= 11 is 1.57. The Morgan fingerprint density at radius 3 is 2.63 bits per heavy atom. The number of carbonyl (C=O) groups excluding carboxylic acids is 1. The molecule has 0 unspecified atom stereocenters. The van der Waals surface area contributed by atoms with Crippen molar-refractivity contribution in [3.63, 3.8) is 0 Å². The smallest absolute Gasteiger partial charge is 0.273 e. The Morgan fingerprint density at radius 1 is 1.32 bits per heavy atom. The number of nitrogens with zero attached hydrogens (tertiary/aromatic N) is 2. The van der Waals surface area contributed by atoms with Gasteiger partial charge in [-0.25, -0.2) is 4.98 Å². The molecule has 3 nitrogen and oxygen atoms in total. The lowest BCUT2D eigenvalue weighted by Gasteiger charge is -2.29. The SMILES string of the molecule is Cc1nc(C(=O)N(CC2CCCCC2)C2CC2)cs1. The van der Waals surface area contributed by atoms with E-state index in [0.717, 1.165) is 17.5 Å². The van der Waals surface area contributed by atoms with Gasteiger partial charge >= 0.3 is 0 Å². The number of aryl methyl sites for hydroxylation is 1. The molecule has 0 aliphatic heterocycles. The quantitative estimate of drug-likeness (QED) is 0.842. The largest absolute Gasteiger partial charge is 0.334 e. The molecule has 2 aliphatic carbocycles. The molecule has 1 aromatic heterocycles. The Labute approximate surface area is 119 Å². The van der Waals surface area contributed by atoms with Gasteiger partial charge in [0, 0.05) is 18.0 Å². The van der Waals surface area contributed by atoms with Crippen molar-refractivity contribution in [3.8, 4) is 0 Å². The fourth-order valence-corrected chi connectivity index (χ4v) is 3.63. The highest BCUT2D eigenvalue weighted by molar-refractivity contribution is 7.09. The van der Waals surface area contributed by atoms with Gasteiger partial charge in [-0.15, -0.1) is 11.3 Å². The van der Waals surface area contributed by atoms with Crippen molar-refractivity contribution >= 4 is 17.2 Å². The zero-order valence-electron chi connectivity index (χ0n) is 11.6. The average molecular weight is 278 g/mol. The number of aromatic nitrogens is 1. The molecule has 0 N–H and O–H groups in total. The van der Waals surface area contributed by atoms with Crippen molar-refractivity contribution < 1.29 is 4.79 Å². The summed E-state index contributed by atoms with van der Waals surface area (Å²) in [7, 11) is 0. The van der Waals surface area contributed by atoms with Gasteiger partial charge in [0.25, 0.3) is 5.91 Å². The Morgan fingerprint density at radius 2 is 2.05 bits per heavy atom. The lowest BCUT2D eigenvalue weighted by molar-refractivity contribution is 0.0693. The van der Waals surface area contributed by atoms with Gasteiger partial charge in [-0.2, -0.15) is 0 Å². The summed E-state index contributed by atoms with van der Waals surface area (Å²) in [5.41, 5.74) is 0.658. The van der Waals surface area contributed by atoms with Crippen LogP contribution in [0.3, 0.4) is 0 Å². The van der Waals surface area contributed by atoms with Gasteiger partial charge in [0.15, 0.2) is 0 Å². The first-order valence-electron chi connectivity index (χ1n) is 7.47. The van der Waals surface area contributed by atoms with Crippen LogP contribution >= 0.6 is 11.3 Å². The molecular formula is C15H22N2OS. The van der Waals surface area contributed by atoms with Crippen molar-refractivity contribution in [2.45, 2.75) is 57.9 Å². The molecule has 19 heavy (non-hydrogen) atoms. The molecule has 0 aromatic carbocycles. The minimum atomic E-state index is 0.164. The van der Waals surface area contributed by atoms with E-state index in [1.165, 1.54) is 44.9 Å². The molecule has 104 valence electrons. The highest BCUT2D eigenvalue weighted by Crippen LogP contribution is 2.32. The van der Waals surface area contributed by atoms with E-state index in [2.05, 4.69) is 9.88 Å². The lowest BCUT2D eigenvalue weighted by Crippen LogP contribution is -2.38. The molecule has 0 spiro atoms. The number of carbonyl (C=O) groups is 1. The highest BCUT2D eigenvalue weighted by atomic mass is 32.1. The van der Waals surface area contributed by atoms with E-state index in [9.17, 15) is 4.79 Å². The Balaban J connectivity index is 1.68. The predicted octanol–water partition coefficient (Wildman–Crippen LogP) is 3.64. The van der Waals surface area contributed by atoms with Gasteiger partial charge in [0.05, 0.1) is 5.01 Å². The molecule has 0 atom stereocenters. The summed E-state index contributed by atoms with van der Waals surface area (Å²) < 4.78 is 0. The van der Waals surface area contributed by atoms with E-state index in [1.807, 2.05) is 12.3 Å². The molecule has 0 saturated heterocycles. The van der Waals surface area contributed by atoms with E-state index in [-0.39, 0.29) is 5.91 Å². The zero-order chi connectivity index (χ0) is 13.2. The van der Waals surface area contributed by atoms with Crippen LogP contribution in [0.2, 0.25) is 0 Å². The maximum Gasteiger partial charge on any atom is 0.273 e. The summed E-state index contributed by atoms with van der Waals surface area (Å²) in [6.45, 7) is 2.92. The minimum Gasteiger partial charge on any atom is -0.334 e. The Hall–Kier alpha value is -0.900. The summed E-state index contributed by atoms with van der Waals surface area (Å²) in [6, 6.07) is 0.497. The topological polar surface area (TPSA) is 33.2 Å². The highest BCUT2D eigenvalue weighted by Gasteiger charge is 2.35. The third-order valence-electron chi connectivity index (χ3n) is 4.27. The van der Waals surface area contributed by atoms with Crippen LogP contribution < -0.4 is 0 Å². The van der Waals surface area contributed by atoms with Gasteiger partial charge in [-0.05, 0) is 38.5 Å². The van der Waals surface area contributed by atoms with Crippen LogP contribution in [-0.4, -0.2) is 28.4 Å². The van der Waals surface area contributed by atoms with Crippen LogP contribution in [-0.2, 0) is 0 Å². The van der Waals surface area contributed by atoms with E-state index >= 15 is 0 Å². The summed E-state index contributed by atoms with van der Waals surface area (Å²) in [4.78, 5) is 19.1. The van der Waals surface area contributed by atoms with E-state index < -0.39 is 0 Å². The van der Waals surface area contributed by atoms with Crippen LogP contribution in [0.15, 0.2) is 5.38 Å². The van der Waals surface area contributed by atoms with Gasteiger partial charge in [0.1, 0.15) is 5.69 Å². The molecule has 2 fully saturated rings. The zero-order valence-corrected chi connectivity index (χ0v) is 12.4. The molecule has 1 amide bonds. The molecule has 3 rings (SSSR count). The molecule has 1 aromatic rings. The number of amides is 1. The maximum atomic E-state index is 12.6. The van der Waals surface area contributed by atoms with Gasteiger partial charge in [0.2, 0.25) is 0 Å². The third-order valence-corrected chi connectivity index (χ3v) is 5.04. The second-order valence-electron chi connectivity index (χ2n) is 5.94. The molecule has 2 aliphatic rings. The monoisotopic (exact) mass is 278 g/mol. The van der Waals surface area contributed by atoms with Gasteiger partial charge < -0.3 is 4.90 Å². The second kappa shape index (κ2) is 5.61. The lowest BCUT2D eigenvalue weighted by atomic mass is 9.89. The first-order chi connectivity index (χ1) is 9.24. The van der Waals surface area contributed by atoms with E-state index in [4.69, 9.17) is 0 Å². The fraction of sp³-hybridized carbons (Fsp3) is 0.733. The number of hydrogen-bond donors (Lipinski definition) is 0. The molecule has 0 bridgehead atoms. The van der Waals surface area contributed by atoms with Crippen molar-refractivity contribution in [2.24, 2.45) is 5.92 Å². The summed E-state index contributed by atoms with van der Waals surface area (Å²) in [5.74, 6) is 0.885. The van der Waals surface area contributed by atoms with Gasteiger partial charge in [-0.3, -0.25) is 4.79 Å². The van der Waals surface area contributed by atoms with Crippen LogP contribution in [0, 0.1) is 12.8 Å². The van der Waals surface area contributed by atoms with E-state index in [0.29, 0.717) is 11.7 Å². The molecular weight excluding hydrogens is 256 g/mol. The molecule has 4 heteroatoms. The van der Waals surface area contributed by atoms with Crippen LogP contribution in [0.25, 0.3) is 0 Å². The average Bonchev–Trinajstić information content (AvgIpc) is 3.18. The second-order valence-corrected chi connectivity index (χ2v) is 7.01. The van der Waals surface area contributed by atoms with Crippen molar-refractivity contribution in [2.75, 3.05) is 6.54 Å². The summed E-state index contributed by atoms with van der Waals surface area (Å²) in [5, 5.41) is 2.89. The third kappa shape index (κ3) is 3.16. The Bertz CT molecular complexity index is 447. The fourth-order valence-electron chi connectivity index (χ4n) is 3.04. The van der Waals surface area contributed by atoms with Gasteiger partial charge in [-0.1, -0.05) is 19.3 Å². The standard InChI is InChI=1S/C15H22N2OS/c1-11-16-14(10-19-11)15(18)17(13-7-8-13)9-12-5-3-2-4-6-12/h10,12-13H,2-9H2,1H3. The molecule has 1 heterocycles. The van der Waals surface area contributed by atoms with Crippen LogP contribution in [0.4, 0.5) is 0 Å². The Kier molecular flexibility index (Phi) is 3.87. The molecule has 0 radical (unpaired) electrons. The number of rotatable bonds is 4. The maximum absolute atomic E-state index is 12.6. The van der Waals surface area contributed by atoms with Crippen LogP contribution in [0.1, 0.15) is 60.4 Å². The van der Waals surface area contributed by atoms with Crippen molar-refractivity contribution in [1.82, 2.24) is 9.88 Å². The van der Waals surface area contributed by atoms with E-state index in [1.54, 1.807) is 11.3 Å². The normalized spacial score (nSPS) is 20.5.